The van der Waals surface area contributed by atoms with Crippen LogP contribution in [0.3, 0.4) is 0 Å². The molecule has 0 aliphatic heterocycles. The maximum atomic E-state index is 12.1. The molecular weight excluding hydrogens is 282 g/mol. The van der Waals surface area contributed by atoms with Crippen molar-refractivity contribution < 1.29 is 14.3 Å². The predicted octanol–water partition coefficient (Wildman–Crippen LogP) is 2.37. The number of rotatable bonds is 5. The predicted molar refractivity (Wildman–Crippen MR) is 85.0 cm³/mol. The van der Waals surface area contributed by atoms with Gasteiger partial charge in [0.1, 0.15) is 5.75 Å². The van der Waals surface area contributed by atoms with Crippen LogP contribution in [0.5, 0.6) is 5.75 Å². The zero-order valence-corrected chi connectivity index (χ0v) is 12.1. The molecule has 114 valence electrons. The highest BCUT2D eigenvalue weighted by molar-refractivity contribution is 5.93. The molecule has 6 heteroatoms. The van der Waals surface area contributed by atoms with Crippen molar-refractivity contribution in [3.8, 4) is 5.75 Å². The second kappa shape index (κ2) is 7.12. The molecule has 0 bridgehead atoms. The second-order valence-corrected chi connectivity index (χ2v) is 4.60. The number of carbonyl (C=O) groups is 2. The zero-order valence-electron chi connectivity index (χ0n) is 12.1. The summed E-state index contributed by atoms with van der Waals surface area (Å²) in [7, 11) is 1.57. The number of nitrogens with two attached hydrogens (primary N) is 1. The number of para-hydroxylation sites is 1. The third-order valence-electron chi connectivity index (χ3n) is 2.98. The Morgan fingerprint density at radius 3 is 2.18 bits per heavy atom. The van der Waals surface area contributed by atoms with E-state index in [9.17, 15) is 9.59 Å². The summed E-state index contributed by atoms with van der Waals surface area (Å²) in [6, 6.07) is 13.4. The van der Waals surface area contributed by atoms with Crippen molar-refractivity contribution in [2.45, 2.75) is 6.42 Å². The van der Waals surface area contributed by atoms with Crippen molar-refractivity contribution in [1.82, 2.24) is 0 Å². The molecule has 2 aromatic rings. The van der Waals surface area contributed by atoms with Gasteiger partial charge in [-0.15, -0.1) is 0 Å². The fraction of sp³-hybridized carbons (Fsp3) is 0.125. The van der Waals surface area contributed by atoms with Crippen molar-refractivity contribution in [2.24, 2.45) is 5.73 Å². The molecule has 0 aliphatic rings. The highest BCUT2D eigenvalue weighted by atomic mass is 16.5. The molecule has 0 radical (unpaired) electrons. The Morgan fingerprint density at radius 1 is 1.00 bits per heavy atom. The van der Waals surface area contributed by atoms with E-state index in [-0.39, 0.29) is 12.3 Å². The first-order valence-electron chi connectivity index (χ1n) is 6.67. The van der Waals surface area contributed by atoms with Gasteiger partial charge in [0.15, 0.2) is 0 Å². The van der Waals surface area contributed by atoms with E-state index < -0.39 is 6.03 Å². The lowest BCUT2D eigenvalue weighted by Crippen LogP contribution is -2.19. The van der Waals surface area contributed by atoms with Crippen LogP contribution < -0.4 is 21.1 Å². The van der Waals surface area contributed by atoms with Crippen LogP contribution in [0.25, 0.3) is 0 Å². The molecule has 0 spiro atoms. The Balaban J connectivity index is 1.98. The van der Waals surface area contributed by atoms with Gasteiger partial charge in [0, 0.05) is 16.9 Å². The zero-order chi connectivity index (χ0) is 15.9. The fourth-order valence-corrected chi connectivity index (χ4v) is 2.01. The molecule has 2 aromatic carbocycles. The molecule has 0 fully saturated rings. The largest absolute Gasteiger partial charge is 0.496 e. The van der Waals surface area contributed by atoms with Gasteiger partial charge in [-0.05, 0) is 30.3 Å². The van der Waals surface area contributed by atoms with E-state index in [0.29, 0.717) is 17.1 Å². The molecule has 6 nitrogen and oxygen atoms in total. The standard InChI is InChI=1S/C16H17N3O3/c1-22-14-5-3-2-4-11(14)10-15(20)18-12-6-8-13(9-7-12)19-16(17)21/h2-9H,10H2,1H3,(H,18,20)(H3,17,19,21). The van der Waals surface area contributed by atoms with Crippen LogP contribution in [-0.2, 0) is 11.2 Å². The van der Waals surface area contributed by atoms with Gasteiger partial charge in [-0.2, -0.15) is 0 Å². The topological polar surface area (TPSA) is 93.4 Å². The summed E-state index contributed by atoms with van der Waals surface area (Å²) in [5.41, 5.74) is 7.04. The molecule has 0 unspecified atom stereocenters. The maximum Gasteiger partial charge on any atom is 0.316 e. The molecule has 3 amide bonds. The molecule has 0 saturated carbocycles. The van der Waals surface area contributed by atoms with Crippen LogP contribution >= 0.6 is 0 Å². The van der Waals surface area contributed by atoms with Crippen molar-refractivity contribution in [3.05, 3.63) is 54.1 Å². The minimum absolute atomic E-state index is 0.153. The Bertz CT molecular complexity index is 669. The van der Waals surface area contributed by atoms with E-state index in [4.69, 9.17) is 10.5 Å². The van der Waals surface area contributed by atoms with Crippen LogP contribution in [0.15, 0.2) is 48.5 Å². The van der Waals surface area contributed by atoms with Crippen LogP contribution in [0.2, 0.25) is 0 Å². The molecule has 22 heavy (non-hydrogen) atoms. The number of hydrogen-bond donors (Lipinski definition) is 3. The van der Waals surface area contributed by atoms with Gasteiger partial charge in [-0.1, -0.05) is 18.2 Å². The molecule has 0 aliphatic carbocycles. The highest BCUT2D eigenvalue weighted by Gasteiger charge is 2.08. The van der Waals surface area contributed by atoms with Crippen LogP contribution in [0.4, 0.5) is 16.2 Å². The number of urea groups is 1. The van der Waals surface area contributed by atoms with Crippen LogP contribution in [0, 0.1) is 0 Å². The summed E-state index contributed by atoms with van der Waals surface area (Å²) >= 11 is 0. The highest BCUT2D eigenvalue weighted by Crippen LogP contribution is 2.19. The molecular formula is C16H17N3O3. The normalized spacial score (nSPS) is 9.86. The van der Waals surface area contributed by atoms with Gasteiger partial charge in [0.25, 0.3) is 0 Å². The quantitative estimate of drug-likeness (QED) is 0.791. The first-order chi connectivity index (χ1) is 10.6. The van der Waals surface area contributed by atoms with E-state index in [1.165, 1.54) is 0 Å². The van der Waals surface area contributed by atoms with E-state index in [1.807, 2.05) is 24.3 Å². The van der Waals surface area contributed by atoms with Crippen molar-refractivity contribution in [3.63, 3.8) is 0 Å². The second-order valence-electron chi connectivity index (χ2n) is 4.60. The van der Waals surface area contributed by atoms with Crippen LogP contribution in [-0.4, -0.2) is 19.0 Å². The third-order valence-corrected chi connectivity index (χ3v) is 2.98. The van der Waals surface area contributed by atoms with Gasteiger partial charge in [0.05, 0.1) is 13.5 Å². The number of carbonyl (C=O) groups excluding carboxylic acids is 2. The van der Waals surface area contributed by atoms with Crippen molar-refractivity contribution in [1.29, 1.82) is 0 Å². The summed E-state index contributed by atoms with van der Waals surface area (Å²) in [6.45, 7) is 0. The summed E-state index contributed by atoms with van der Waals surface area (Å²) in [6.07, 6.45) is 0.214. The Labute approximate surface area is 128 Å². The van der Waals surface area contributed by atoms with Gasteiger partial charge in [-0.3, -0.25) is 4.79 Å². The van der Waals surface area contributed by atoms with E-state index in [2.05, 4.69) is 10.6 Å². The number of anilines is 2. The minimum atomic E-state index is -0.632. The van der Waals surface area contributed by atoms with Crippen molar-refractivity contribution >= 4 is 23.3 Å². The molecule has 0 atom stereocenters. The number of nitrogens with one attached hydrogen (secondary N) is 2. The average Bonchev–Trinajstić information content (AvgIpc) is 2.49. The summed E-state index contributed by atoms with van der Waals surface area (Å²) in [5.74, 6) is 0.527. The Kier molecular flexibility index (Phi) is 4.98. The lowest BCUT2D eigenvalue weighted by atomic mass is 10.1. The first-order valence-corrected chi connectivity index (χ1v) is 6.67. The number of amides is 3. The van der Waals surface area contributed by atoms with Gasteiger partial charge < -0.3 is 21.1 Å². The number of benzene rings is 2. The van der Waals surface area contributed by atoms with Gasteiger partial charge >= 0.3 is 6.03 Å². The summed E-state index contributed by atoms with van der Waals surface area (Å²) in [5, 5.41) is 5.23. The molecule has 0 aromatic heterocycles. The smallest absolute Gasteiger partial charge is 0.316 e. The first kappa shape index (κ1) is 15.4. The Hall–Kier alpha value is -3.02. The number of primary amides is 1. The lowest BCUT2D eigenvalue weighted by Gasteiger charge is -2.09. The average molecular weight is 299 g/mol. The number of methoxy groups -OCH3 is 1. The molecule has 4 N–H and O–H groups in total. The SMILES string of the molecule is COc1ccccc1CC(=O)Nc1ccc(NC(N)=O)cc1. The van der Waals surface area contributed by atoms with Crippen molar-refractivity contribution in [2.75, 3.05) is 17.7 Å². The van der Waals surface area contributed by atoms with E-state index in [0.717, 1.165) is 5.56 Å². The lowest BCUT2D eigenvalue weighted by molar-refractivity contribution is -0.115. The van der Waals surface area contributed by atoms with E-state index >= 15 is 0 Å². The number of ether oxygens (including phenoxy) is 1. The summed E-state index contributed by atoms with van der Waals surface area (Å²) in [4.78, 5) is 22.8. The molecule has 0 heterocycles. The van der Waals surface area contributed by atoms with Gasteiger partial charge in [-0.25, -0.2) is 4.79 Å². The number of hydrogen-bond acceptors (Lipinski definition) is 3. The minimum Gasteiger partial charge on any atom is -0.496 e. The molecule has 2 rings (SSSR count). The Morgan fingerprint density at radius 2 is 1.59 bits per heavy atom. The summed E-state index contributed by atoms with van der Waals surface area (Å²) < 4.78 is 5.22. The molecule has 0 saturated heterocycles. The third kappa shape index (κ3) is 4.24. The monoisotopic (exact) mass is 299 g/mol. The van der Waals surface area contributed by atoms with Crippen LogP contribution in [0.1, 0.15) is 5.56 Å². The van der Waals surface area contributed by atoms with Gasteiger partial charge in [0.2, 0.25) is 5.91 Å². The van der Waals surface area contributed by atoms with E-state index in [1.54, 1.807) is 31.4 Å². The maximum absolute atomic E-state index is 12.1. The fourth-order valence-electron chi connectivity index (χ4n) is 2.01.